The molecule has 2 heteroatoms. The van der Waals surface area contributed by atoms with E-state index in [1.807, 2.05) is 0 Å². The van der Waals surface area contributed by atoms with Crippen LogP contribution in [0.4, 0.5) is 0 Å². The van der Waals surface area contributed by atoms with Crippen LogP contribution < -0.4 is 5.32 Å². The molecule has 0 aliphatic heterocycles. The molecule has 100 valence electrons. The molecule has 0 heterocycles. The standard InChI is InChI=1S/C15H29NO/c17-12-14-8-6-7-13(14)11-16-15-9-4-2-1-3-5-10-15/h13-17H,1-12H2. The fourth-order valence-corrected chi connectivity index (χ4v) is 3.60. The van der Waals surface area contributed by atoms with E-state index in [1.54, 1.807) is 0 Å². The molecule has 2 fully saturated rings. The molecule has 2 unspecified atom stereocenters. The number of nitrogens with one attached hydrogen (secondary N) is 1. The van der Waals surface area contributed by atoms with E-state index in [4.69, 9.17) is 0 Å². The van der Waals surface area contributed by atoms with Gasteiger partial charge in [-0.1, -0.05) is 38.5 Å². The van der Waals surface area contributed by atoms with Crippen LogP contribution in [0.25, 0.3) is 0 Å². The van der Waals surface area contributed by atoms with Crippen LogP contribution in [0.2, 0.25) is 0 Å². The first-order chi connectivity index (χ1) is 8.40. The second-order valence-corrected chi connectivity index (χ2v) is 6.08. The van der Waals surface area contributed by atoms with Crippen LogP contribution in [-0.2, 0) is 0 Å². The molecule has 0 bridgehead atoms. The summed E-state index contributed by atoms with van der Waals surface area (Å²) in [6, 6.07) is 0.759. The van der Waals surface area contributed by atoms with Crippen LogP contribution in [0.5, 0.6) is 0 Å². The highest BCUT2D eigenvalue weighted by molar-refractivity contribution is 4.80. The summed E-state index contributed by atoms with van der Waals surface area (Å²) in [6.07, 6.45) is 13.8. The molecule has 2 aliphatic rings. The minimum Gasteiger partial charge on any atom is -0.396 e. The number of aliphatic hydroxyl groups excluding tert-OH is 1. The molecule has 2 atom stereocenters. The number of hydrogen-bond donors (Lipinski definition) is 2. The summed E-state index contributed by atoms with van der Waals surface area (Å²) in [5, 5.41) is 13.1. The predicted molar refractivity (Wildman–Crippen MR) is 72.0 cm³/mol. The number of hydrogen-bond acceptors (Lipinski definition) is 2. The highest BCUT2D eigenvalue weighted by Gasteiger charge is 2.26. The Bertz CT molecular complexity index is 199. The van der Waals surface area contributed by atoms with E-state index < -0.39 is 0 Å². The molecule has 2 saturated carbocycles. The van der Waals surface area contributed by atoms with Gasteiger partial charge in [0.05, 0.1) is 0 Å². The second-order valence-electron chi connectivity index (χ2n) is 6.08. The average molecular weight is 239 g/mol. The van der Waals surface area contributed by atoms with E-state index in [1.165, 1.54) is 64.2 Å². The summed E-state index contributed by atoms with van der Waals surface area (Å²) in [5.41, 5.74) is 0. The van der Waals surface area contributed by atoms with Crippen molar-refractivity contribution in [3.63, 3.8) is 0 Å². The molecular weight excluding hydrogens is 210 g/mol. The number of aliphatic hydroxyl groups is 1. The Morgan fingerprint density at radius 1 is 0.765 bits per heavy atom. The van der Waals surface area contributed by atoms with E-state index in [0.29, 0.717) is 12.5 Å². The SMILES string of the molecule is OCC1CCCC1CNC1CCCCCCC1. The molecule has 0 aromatic carbocycles. The lowest BCUT2D eigenvalue weighted by Gasteiger charge is -2.25. The Kier molecular flexibility index (Phi) is 5.79. The van der Waals surface area contributed by atoms with E-state index in [9.17, 15) is 5.11 Å². The molecule has 0 radical (unpaired) electrons. The maximum atomic E-state index is 9.33. The van der Waals surface area contributed by atoms with Crippen molar-refractivity contribution in [2.75, 3.05) is 13.2 Å². The van der Waals surface area contributed by atoms with Gasteiger partial charge >= 0.3 is 0 Å². The Balaban J connectivity index is 1.68. The molecule has 0 aromatic heterocycles. The van der Waals surface area contributed by atoms with Crippen molar-refractivity contribution < 1.29 is 5.11 Å². The van der Waals surface area contributed by atoms with Crippen molar-refractivity contribution >= 4 is 0 Å². The molecule has 0 aromatic rings. The van der Waals surface area contributed by atoms with Gasteiger partial charge in [0.15, 0.2) is 0 Å². The summed E-state index contributed by atoms with van der Waals surface area (Å²) in [7, 11) is 0. The third kappa shape index (κ3) is 4.26. The van der Waals surface area contributed by atoms with Gasteiger partial charge in [-0.15, -0.1) is 0 Å². The Labute approximate surface area is 106 Å². The fourth-order valence-electron chi connectivity index (χ4n) is 3.60. The highest BCUT2D eigenvalue weighted by atomic mass is 16.3. The van der Waals surface area contributed by atoms with Crippen molar-refractivity contribution in [3.05, 3.63) is 0 Å². The Morgan fingerprint density at radius 3 is 2.12 bits per heavy atom. The van der Waals surface area contributed by atoms with E-state index in [2.05, 4.69) is 5.32 Å². The Morgan fingerprint density at radius 2 is 1.41 bits per heavy atom. The topological polar surface area (TPSA) is 32.3 Å². The minimum absolute atomic E-state index is 0.400. The third-order valence-corrected chi connectivity index (χ3v) is 4.82. The first-order valence-corrected chi connectivity index (χ1v) is 7.74. The monoisotopic (exact) mass is 239 g/mol. The van der Waals surface area contributed by atoms with Crippen molar-refractivity contribution in [1.82, 2.24) is 5.32 Å². The lowest BCUT2D eigenvalue weighted by molar-refractivity contribution is 0.188. The lowest BCUT2D eigenvalue weighted by atomic mass is 9.94. The summed E-state index contributed by atoms with van der Waals surface area (Å²) in [5.74, 6) is 1.32. The maximum Gasteiger partial charge on any atom is 0.0462 e. The van der Waals surface area contributed by atoms with Crippen LogP contribution in [0.15, 0.2) is 0 Å². The molecular formula is C15H29NO. The molecule has 17 heavy (non-hydrogen) atoms. The fraction of sp³-hybridized carbons (Fsp3) is 1.00. The van der Waals surface area contributed by atoms with E-state index in [-0.39, 0.29) is 0 Å². The zero-order chi connectivity index (χ0) is 11.9. The molecule has 2 rings (SSSR count). The average Bonchev–Trinajstić information content (AvgIpc) is 2.75. The van der Waals surface area contributed by atoms with E-state index in [0.717, 1.165) is 18.5 Å². The van der Waals surface area contributed by atoms with Crippen LogP contribution in [0.1, 0.15) is 64.2 Å². The van der Waals surface area contributed by atoms with Crippen LogP contribution in [-0.4, -0.2) is 24.3 Å². The zero-order valence-electron chi connectivity index (χ0n) is 11.2. The summed E-state index contributed by atoms with van der Waals surface area (Å²) >= 11 is 0. The van der Waals surface area contributed by atoms with Gasteiger partial charge in [0.2, 0.25) is 0 Å². The van der Waals surface area contributed by atoms with Gasteiger partial charge in [-0.3, -0.25) is 0 Å². The molecule has 2 N–H and O–H groups in total. The van der Waals surface area contributed by atoms with Gasteiger partial charge in [-0.2, -0.15) is 0 Å². The van der Waals surface area contributed by atoms with Gasteiger partial charge in [0, 0.05) is 12.6 Å². The van der Waals surface area contributed by atoms with Crippen molar-refractivity contribution in [2.24, 2.45) is 11.8 Å². The first-order valence-electron chi connectivity index (χ1n) is 7.74. The summed E-state index contributed by atoms with van der Waals surface area (Å²) in [6.45, 7) is 1.55. The van der Waals surface area contributed by atoms with Crippen LogP contribution >= 0.6 is 0 Å². The molecule has 0 spiro atoms. The summed E-state index contributed by atoms with van der Waals surface area (Å²) < 4.78 is 0. The first kappa shape index (κ1) is 13.4. The molecule has 0 amide bonds. The largest absolute Gasteiger partial charge is 0.396 e. The van der Waals surface area contributed by atoms with E-state index >= 15 is 0 Å². The van der Waals surface area contributed by atoms with Gasteiger partial charge < -0.3 is 10.4 Å². The quantitative estimate of drug-likeness (QED) is 0.790. The van der Waals surface area contributed by atoms with Gasteiger partial charge in [-0.25, -0.2) is 0 Å². The minimum atomic E-state index is 0.400. The number of rotatable bonds is 4. The second kappa shape index (κ2) is 7.38. The van der Waals surface area contributed by atoms with Gasteiger partial charge in [0.1, 0.15) is 0 Å². The van der Waals surface area contributed by atoms with Crippen molar-refractivity contribution in [3.8, 4) is 0 Å². The maximum absolute atomic E-state index is 9.33. The van der Waals surface area contributed by atoms with Gasteiger partial charge in [0.25, 0.3) is 0 Å². The normalized spacial score (nSPS) is 32.3. The van der Waals surface area contributed by atoms with Crippen molar-refractivity contribution in [1.29, 1.82) is 0 Å². The molecule has 2 aliphatic carbocycles. The van der Waals surface area contributed by atoms with Crippen LogP contribution in [0.3, 0.4) is 0 Å². The Hall–Kier alpha value is -0.0800. The third-order valence-electron chi connectivity index (χ3n) is 4.82. The van der Waals surface area contributed by atoms with Crippen molar-refractivity contribution in [2.45, 2.75) is 70.3 Å². The zero-order valence-corrected chi connectivity index (χ0v) is 11.2. The predicted octanol–water partition coefficient (Wildman–Crippen LogP) is 3.10. The smallest absolute Gasteiger partial charge is 0.0462 e. The van der Waals surface area contributed by atoms with Crippen LogP contribution in [0, 0.1) is 11.8 Å². The molecule has 0 saturated heterocycles. The summed E-state index contributed by atoms with van der Waals surface area (Å²) in [4.78, 5) is 0. The molecule has 2 nitrogen and oxygen atoms in total. The lowest BCUT2D eigenvalue weighted by Crippen LogP contribution is -2.35. The highest BCUT2D eigenvalue weighted by Crippen LogP contribution is 2.31. The van der Waals surface area contributed by atoms with Gasteiger partial charge in [-0.05, 0) is 44.1 Å².